The molecule has 0 aliphatic carbocycles. The summed E-state index contributed by atoms with van der Waals surface area (Å²) in [6.45, 7) is 3.51. The van der Waals surface area contributed by atoms with E-state index < -0.39 is 22.0 Å². The van der Waals surface area contributed by atoms with Gasteiger partial charge in [-0.1, -0.05) is 6.07 Å². The maximum Gasteiger partial charge on any atom is 0.320 e. The van der Waals surface area contributed by atoms with E-state index in [9.17, 15) is 13.2 Å². The number of carbonyl (C=O) groups is 1. The average molecular weight is 352 g/mol. The zero-order valence-corrected chi connectivity index (χ0v) is 14.5. The Balaban J connectivity index is 2.28. The van der Waals surface area contributed by atoms with Crippen LogP contribution in [0.15, 0.2) is 29.4 Å². The molecule has 0 spiro atoms. The number of aromatic nitrogens is 2. The first-order chi connectivity index (χ1) is 11.1. The van der Waals surface area contributed by atoms with E-state index in [1.165, 1.54) is 6.20 Å². The van der Waals surface area contributed by atoms with Gasteiger partial charge in [0.15, 0.2) is 5.03 Å². The van der Waals surface area contributed by atoms with Crippen LogP contribution in [0.2, 0.25) is 0 Å². The summed E-state index contributed by atoms with van der Waals surface area (Å²) in [6.07, 6.45) is 1.53. The number of imidazole rings is 1. The van der Waals surface area contributed by atoms with E-state index in [0.717, 1.165) is 5.56 Å². The van der Waals surface area contributed by atoms with Crippen molar-refractivity contribution >= 4 is 21.7 Å². The highest BCUT2D eigenvalue weighted by Gasteiger charge is 2.20. The van der Waals surface area contributed by atoms with E-state index in [1.807, 2.05) is 6.92 Å². The van der Waals surface area contributed by atoms with Crippen LogP contribution < -0.4 is 10.5 Å². The summed E-state index contributed by atoms with van der Waals surface area (Å²) in [5.41, 5.74) is 7.39. The molecule has 2 aromatic rings. The molecule has 0 bridgehead atoms. The molecule has 0 aliphatic heterocycles. The van der Waals surface area contributed by atoms with E-state index in [4.69, 9.17) is 10.8 Å². The van der Waals surface area contributed by atoms with E-state index in [1.54, 1.807) is 36.7 Å². The Morgan fingerprint density at radius 3 is 2.62 bits per heavy atom. The van der Waals surface area contributed by atoms with Crippen LogP contribution in [0.25, 0.3) is 0 Å². The monoisotopic (exact) mass is 352 g/mol. The number of hydrogen-bond donors (Lipinski definition) is 3. The van der Waals surface area contributed by atoms with Gasteiger partial charge in [-0.25, -0.2) is 4.98 Å². The van der Waals surface area contributed by atoms with Gasteiger partial charge in [-0.2, -0.15) is 8.42 Å². The topological polar surface area (TPSA) is 127 Å². The number of aryl methyl sites for hydroxylation is 3. The van der Waals surface area contributed by atoms with Crippen molar-refractivity contribution in [3.63, 3.8) is 0 Å². The molecule has 24 heavy (non-hydrogen) atoms. The molecule has 1 atom stereocenters. The van der Waals surface area contributed by atoms with Gasteiger partial charge < -0.3 is 15.4 Å². The minimum absolute atomic E-state index is 0.0770. The van der Waals surface area contributed by atoms with E-state index in [-0.39, 0.29) is 11.4 Å². The minimum atomic E-state index is -3.82. The first-order valence-corrected chi connectivity index (χ1v) is 8.69. The van der Waals surface area contributed by atoms with Crippen LogP contribution in [0.5, 0.6) is 0 Å². The quantitative estimate of drug-likeness (QED) is 0.705. The molecule has 130 valence electrons. The van der Waals surface area contributed by atoms with Crippen molar-refractivity contribution in [3.05, 3.63) is 41.3 Å². The fraction of sp³-hybridized carbons (Fsp3) is 0.333. The van der Waals surface area contributed by atoms with Crippen molar-refractivity contribution in [2.45, 2.75) is 31.3 Å². The predicted molar refractivity (Wildman–Crippen MR) is 89.2 cm³/mol. The van der Waals surface area contributed by atoms with Crippen LogP contribution in [-0.2, 0) is 28.3 Å². The van der Waals surface area contributed by atoms with Gasteiger partial charge in [0.1, 0.15) is 11.9 Å². The molecular weight excluding hydrogens is 332 g/mol. The van der Waals surface area contributed by atoms with Crippen LogP contribution in [0.1, 0.15) is 17.0 Å². The van der Waals surface area contributed by atoms with Crippen LogP contribution in [-0.4, -0.2) is 35.1 Å². The number of sulfonamides is 1. The number of nitrogens with zero attached hydrogens (tertiary/aromatic N) is 2. The molecule has 1 aromatic carbocycles. The molecule has 1 aromatic heterocycles. The lowest BCUT2D eigenvalue weighted by atomic mass is 10.0. The Hall–Kier alpha value is -2.39. The van der Waals surface area contributed by atoms with Gasteiger partial charge in [0.05, 0.1) is 0 Å². The molecule has 0 radical (unpaired) electrons. The summed E-state index contributed by atoms with van der Waals surface area (Å²) < 4.78 is 28.8. The zero-order chi connectivity index (χ0) is 18.1. The third kappa shape index (κ3) is 3.92. The van der Waals surface area contributed by atoms with Gasteiger partial charge in [-0.05, 0) is 43.5 Å². The number of nitrogens with two attached hydrogens (primary N) is 1. The molecule has 0 fully saturated rings. The highest BCUT2D eigenvalue weighted by Crippen LogP contribution is 2.20. The van der Waals surface area contributed by atoms with Gasteiger partial charge >= 0.3 is 5.97 Å². The van der Waals surface area contributed by atoms with Gasteiger partial charge in [-0.3, -0.25) is 9.52 Å². The van der Waals surface area contributed by atoms with Crippen molar-refractivity contribution in [3.8, 4) is 0 Å². The van der Waals surface area contributed by atoms with E-state index in [0.29, 0.717) is 17.1 Å². The molecule has 0 saturated heterocycles. The second kappa shape index (κ2) is 6.62. The number of benzene rings is 1. The zero-order valence-electron chi connectivity index (χ0n) is 13.6. The fourth-order valence-electron chi connectivity index (χ4n) is 2.14. The van der Waals surface area contributed by atoms with Crippen molar-refractivity contribution in [2.24, 2.45) is 12.8 Å². The molecule has 0 aliphatic rings. The highest BCUT2D eigenvalue weighted by molar-refractivity contribution is 7.92. The van der Waals surface area contributed by atoms with Gasteiger partial charge in [0.2, 0.25) is 0 Å². The second-order valence-electron chi connectivity index (χ2n) is 5.63. The average Bonchev–Trinajstić information content (AvgIpc) is 2.82. The Morgan fingerprint density at radius 1 is 1.42 bits per heavy atom. The lowest BCUT2D eigenvalue weighted by Crippen LogP contribution is -2.32. The van der Waals surface area contributed by atoms with Crippen molar-refractivity contribution in [1.82, 2.24) is 9.55 Å². The number of carboxylic acids is 1. The summed E-state index contributed by atoms with van der Waals surface area (Å²) in [5, 5.41) is 8.84. The number of hydrogen-bond acceptors (Lipinski definition) is 5. The normalized spacial score (nSPS) is 12.8. The number of rotatable bonds is 6. The van der Waals surface area contributed by atoms with Crippen LogP contribution in [0.3, 0.4) is 0 Å². The summed E-state index contributed by atoms with van der Waals surface area (Å²) in [6, 6.07) is 3.86. The molecule has 0 unspecified atom stereocenters. The van der Waals surface area contributed by atoms with E-state index in [2.05, 4.69) is 9.71 Å². The van der Waals surface area contributed by atoms with Crippen molar-refractivity contribution in [1.29, 1.82) is 0 Å². The Labute approximate surface area is 140 Å². The third-order valence-corrected chi connectivity index (χ3v) is 4.97. The standard InChI is InChI=1S/C15H20N4O4S/c1-9-4-5-12(6-11(9)7-13(16)15(20)21)18-24(22,23)14-8-19(3)10(2)17-14/h4-6,8,13,18H,7,16H2,1-3H3,(H,20,21)/t13-/m0/s1. The summed E-state index contributed by atoms with van der Waals surface area (Å²) in [4.78, 5) is 14.9. The molecule has 2 rings (SSSR count). The van der Waals surface area contributed by atoms with Crippen LogP contribution >= 0.6 is 0 Å². The van der Waals surface area contributed by atoms with Gasteiger partial charge in [0.25, 0.3) is 10.0 Å². The number of carboxylic acid groups (broad SMARTS) is 1. The molecule has 0 amide bonds. The minimum Gasteiger partial charge on any atom is -0.480 e. The van der Waals surface area contributed by atoms with Crippen molar-refractivity contribution in [2.75, 3.05) is 4.72 Å². The van der Waals surface area contributed by atoms with Gasteiger partial charge in [0, 0.05) is 18.9 Å². The first-order valence-electron chi connectivity index (χ1n) is 7.21. The molecule has 1 heterocycles. The van der Waals surface area contributed by atoms with Crippen LogP contribution in [0, 0.1) is 13.8 Å². The molecule has 4 N–H and O–H groups in total. The predicted octanol–water partition coefficient (Wildman–Crippen LogP) is 0.792. The molecule has 0 saturated carbocycles. The summed E-state index contributed by atoms with van der Waals surface area (Å²) in [7, 11) is -2.11. The Bertz CT molecular complexity index is 854. The second-order valence-corrected chi connectivity index (χ2v) is 7.26. The molecular formula is C15H20N4O4S. The van der Waals surface area contributed by atoms with Crippen LogP contribution in [0.4, 0.5) is 5.69 Å². The van der Waals surface area contributed by atoms with Gasteiger partial charge in [-0.15, -0.1) is 0 Å². The van der Waals surface area contributed by atoms with Crippen molar-refractivity contribution < 1.29 is 18.3 Å². The highest BCUT2D eigenvalue weighted by atomic mass is 32.2. The number of aliphatic carboxylic acids is 1. The fourth-order valence-corrected chi connectivity index (χ4v) is 3.23. The molecule has 8 nitrogen and oxygen atoms in total. The number of anilines is 1. The maximum absolute atomic E-state index is 12.4. The smallest absolute Gasteiger partial charge is 0.320 e. The molecule has 9 heteroatoms. The lowest BCUT2D eigenvalue weighted by molar-refractivity contribution is -0.138. The SMILES string of the molecule is Cc1ccc(NS(=O)(=O)c2cn(C)c(C)n2)cc1C[C@H](N)C(=O)O. The number of nitrogens with one attached hydrogen (secondary N) is 1. The lowest BCUT2D eigenvalue weighted by Gasteiger charge is -2.12. The summed E-state index contributed by atoms with van der Waals surface area (Å²) >= 11 is 0. The largest absolute Gasteiger partial charge is 0.480 e. The van der Waals surface area contributed by atoms with E-state index >= 15 is 0 Å². The Kier molecular flexibility index (Phi) is 4.95. The Morgan fingerprint density at radius 2 is 2.08 bits per heavy atom. The third-order valence-electron chi connectivity index (χ3n) is 3.72. The maximum atomic E-state index is 12.4. The summed E-state index contributed by atoms with van der Waals surface area (Å²) in [5.74, 6) is -0.531. The first kappa shape index (κ1) is 18.0.